The molecule has 6 nitrogen and oxygen atoms in total. The predicted molar refractivity (Wildman–Crippen MR) is 75.9 cm³/mol. The molecule has 110 valence electrons. The summed E-state index contributed by atoms with van der Waals surface area (Å²) in [6, 6.07) is 7.31. The van der Waals surface area contributed by atoms with Crippen LogP contribution < -0.4 is 10.6 Å². The van der Waals surface area contributed by atoms with Crippen LogP contribution in [0.2, 0.25) is 0 Å². The molecule has 1 aromatic carbocycles. The maximum absolute atomic E-state index is 11.7. The quantitative estimate of drug-likeness (QED) is 0.634. The zero-order valence-corrected chi connectivity index (χ0v) is 11.5. The second-order valence-corrected chi connectivity index (χ2v) is 4.23. The molecule has 0 radical (unpaired) electrons. The lowest BCUT2D eigenvalue weighted by Gasteiger charge is -2.11. The van der Waals surface area contributed by atoms with E-state index in [1.807, 2.05) is 24.3 Å². The van der Waals surface area contributed by atoms with E-state index in [4.69, 9.17) is 9.84 Å². The summed E-state index contributed by atoms with van der Waals surface area (Å²) in [5.74, 6) is -1.03. The van der Waals surface area contributed by atoms with Crippen molar-refractivity contribution < 1.29 is 19.4 Å². The lowest BCUT2D eigenvalue weighted by atomic mass is 10.1. The van der Waals surface area contributed by atoms with Crippen LogP contribution in [0.5, 0.6) is 0 Å². The number of para-hydroxylation sites is 1. The van der Waals surface area contributed by atoms with Crippen molar-refractivity contribution in [3.05, 3.63) is 29.8 Å². The van der Waals surface area contributed by atoms with Gasteiger partial charge in [-0.15, -0.1) is 0 Å². The van der Waals surface area contributed by atoms with Crippen molar-refractivity contribution in [3.8, 4) is 0 Å². The second kappa shape index (κ2) is 8.92. The molecule has 6 heteroatoms. The number of amides is 2. The minimum absolute atomic E-state index is 0.163. The number of hydrogen-bond acceptors (Lipinski definition) is 3. The average Bonchev–Trinajstić information content (AvgIpc) is 2.40. The van der Waals surface area contributed by atoms with E-state index >= 15 is 0 Å². The third-order valence-corrected chi connectivity index (χ3v) is 2.54. The Kier molecular flexibility index (Phi) is 7.13. The summed E-state index contributed by atoms with van der Waals surface area (Å²) in [4.78, 5) is 21.9. The number of carbonyl (C=O) groups is 2. The lowest BCUT2D eigenvalue weighted by molar-refractivity contribution is -0.142. The van der Waals surface area contributed by atoms with Gasteiger partial charge in [0.05, 0.1) is 6.61 Å². The van der Waals surface area contributed by atoms with Crippen molar-refractivity contribution in [2.75, 3.05) is 25.1 Å². The van der Waals surface area contributed by atoms with Crippen molar-refractivity contribution in [2.45, 2.75) is 19.8 Å². The number of anilines is 1. The molecule has 0 atom stereocenters. The molecule has 0 aromatic heterocycles. The Morgan fingerprint density at radius 1 is 1.30 bits per heavy atom. The number of carboxylic acid groups (broad SMARTS) is 1. The lowest BCUT2D eigenvalue weighted by Crippen LogP contribution is -2.32. The third kappa shape index (κ3) is 6.19. The number of ether oxygens (including phenoxy) is 1. The molecule has 0 unspecified atom stereocenters. The number of hydrogen-bond donors (Lipinski definition) is 3. The van der Waals surface area contributed by atoms with E-state index < -0.39 is 5.97 Å². The fourth-order valence-electron chi connectivity index (χ4n) is 1.69. The van der Waals surface area contributed by atoms with E-state index in [-0.39, 0.29) is 25.8 Å². The minimum Gasteiger partial charge on any atom is -0.480 e. The van der Waals surface area contributed by atoms with Gasteiger partial charge >= 0.3 is 12.0 Å². The first-order valence-electron chi connectivity index (χ1n) is 6.55. The number of carbonyl (C=O) groups excluding carboxylic acids is 1. The van der Waals surface area contributed by atoms with Gasteiger partial charge in [0.1, 0.15) is 6.61 Å². The molecule has 0 saturated carbocycles. The topological polar surface area (TPSA) is 87.7 Å². The summed E-state index contributed by atoms with van der Waals surface area (Å²) in [5.41, 5.74) is 1.88. The van der Waals surface area contributed by atoms with Crippen LogP contribution in [-0.2, 0) is 16.0 Å². The fraction of sp³-hybridized carbons (Fsp3) is 0.429. The number of aryl methyl sites for hydroxylation is 1. The standard InChI is InChI=1S/C14H20N2O4/c1-2-5-11-6-3-4-7-12(11)16-14(19)15-8-9-20-10-13(17)18/h3-4,6-7H,2,5,8-10H2,1H3,(H,17,18)(H2,15,16,19). The van der Waals surface area contributed by atoms with Crippen LogP contribution in [0.1, 0.15) is 18.9 Å². The normalized spacial score (nSPS) is 10.1. The molecule has 0 aliphatic rings. The van der Waals surface area contributed by atoms with Crippen LogP contribution >= 0.6 is 0 Å². The molecule has 1 rings (SSSR count). The maximum Gasteiger partial charge on any atom is 0.329 e. The van der Waals surface area contributed by atoms with Gasteiger partial charge in [0.2, 0.25) is 0 Å². The van der Waals surface area contributed by atoms with Gasteiger partial charge in [-0.1, -0.05) is 31.5 Å². The summed E-state index contributed by atoms with van der Waals surface area (Å²) >= 11 is 0. The zero-order chi connectivity index (χ0) is 14.8. The highest BCUT2D eigenvalue weighted by molar-refractivity contribution is 5.90. The van der Waals surface area contributed by atoms with Gasteiger partial charge in [0, 0.05) is 12.2 Å². The second-order valence-electron chi connectivity index (χ2n) is 4.23. The summed E-state index contributed by atoms with van der Waals surface area (Å²) in [7, 11) is 0. The van der Waals surface area contributed by atoms with Crippen molar-refractivity contribution in [1.29, 1.82) is 0 Å². The minimum atomic E-state index is -1.03. The molecule has 0 bridgehead atoms. The molecule has 3 N–H and O–H groups in total. The number of carboxylic acids is 1. The summed E-state index contributed by atoms with van der Waals surface area (Å²) in [6.07, 6.45) is 1.90. The zero-order valence-electron chi connectivity index (χ0n) is 11.5. The van der Waals surface area contributed by atoms with Crippen LogP contribution in [0.25, 0.3) is 0 Å². The van der Waals surface area contributed by atoms with E-state index in [9.17, 15) is 9.59 Å². The molecular weight excluding hydrogens is 260 g/mol. The molecule has 2 amide bonds. The molecule has 0 aliphatic heterocycles. The molecule has 0 heterocycles. The van der Waals surface area contributed by atoms with Gasteiger partial charge < -0.3 is 20.5 Å². The highest BCUT2D eigenvalue weighted by Crippen LogP contribution is 2.16. The first-order chi connectivity index (χ1) is 9.63. The summed E-state index contributed by atoms with van der Waals surface area (Å²) in [6.45, 7) is 2.14. The molecule has 0 aliphatic carbocycles. The van der Waals surface area contributed by atoms with Gasteiger partial charge in [-0.2, -0.15) is 0 Å². The van der Waals surface area contributed by atoms with Crippen molar-refractivity contribution in [3.63, 3.8) is 0 Å². The Hall–Kier alpha value is -2.08. The van der Waals surface area contributed by atoms with Gasteiger partial charge in [0.25, 0.3) is 0 Å². The Bertz CT molecular complexity index is 449. The van der Waals surface area contributed by atoms with Gasteiger partial charge in [-0.25, -0.2) is 9.59 Å². The highest BCUT2D eigenvalue weighted by Gasteiger charge is 2.05. The number of nitrogens with one attached hydrogen (secondary N) is 2. The molecule has 20 heavy (non-hydrogen) atoms. The monoisotopic (exact) mass is 280 g/mol. The number of rotatable bonds is 8. The Morgan fingerprint density at radius 2 is 2.05 bits per heavy atom. The Labute approximate surface area is 118 Å². The van der Waals surface area contributed by atoms with Crippen molar-refractivity contribution >= 4 is 17.7 Å². The first kappa shape index (κ1) is 16.0. The van der Waals surface area contributed by atoms with Crippen LogP contribution in [0.4, 0.5) is 10.5 Å². The van der Waals surface area contributed by atoms with Crippen LogP contribution in [-0.4, -0.2) is 36.9 Å². The van der Waals surface area contributed by atoms with Crippen LogP contribution in [0, 0.1) is 0 Å². The number of aliphatic carboxylic acids is 1. The molecule has 1 aromatic rings. The van der Waals surface area contributed by atoms with E-state index in [0.29, 0.717) is 0 Å². The van der Waals surface area contributed by atoms with E-state index in [1.54, 1.807) is 0 Å². The van der Waals surface area contributed by atoms with E-state index in [2.05, 4.69) is 17.6 Å². The smallest absolute Gasteiger partial charge is 0.329 e. The van der Waals surface area contributed by atoms with Gasteiger partial charge in [0.15, 0.2) is 0 Å². The number of benzene rings is 1. The summed E-state index contributed by atoms with van der Waals surface area (Å²) in [5, 5.41) is 13.8. The Morgan fingerprint density at radius 3 is 2.75 bits per heavy atom. The molecular formula is C14H20N2O4. The van der Waals surface area contributed by atoms with E-state index in [1.165, 1.54) is 0 Å². The maximum atomic E-state index is 11.7. The van der Waals surface area contributed by atoms with Gasteiger partial charge in [-0.05, 0) is 18.1 Å². The first-order valence-corrected chi connectivity index (χ1v) is 6.55. The predicted octanol–water partition coefficient (Wildman–Crippen LogP) is 1.86. The largest absolute Gasteiger partial charge is 0.480 e. The fourth-order valence-corrected chi connectivity index (χ4v) is 1.69. The van der Waals surface area contributed by atoms with E-state index in [0.717, 1.165) is 24.1 Å². The number of urea groups is 1. The highest BCUT2D eigenvalue weighted by atomic mass is 16.5. The molecule has 0 saturated heterocycles. The average molecular weight is 280 g/mol. The Balaban J connectivity index is 2.33. The van der Waals surface area contributed by atoms with Gasteiger partial charge in [-0.3, -0.25) is 0 Å². The summed E-state index contributed by atoms with van der Waals surface area (Å²) < 4.78 is 4.82. The van der Waals surface area contributed by atoms with Crippen LogP contribution in [0.3, 0.4) is 0 Å². The molecule has 0 spiro atoms. The molecule has 0 fully saturated rings. The van der Waals surface area contributed by atoms with Crippen LogP contribution in [0.15, 0.2) is 24.3 Å². The third-order valence-electron chi connectivity index (χ3n) is 2.54. The van der Waals surface area contributed by atoms with Crippen molar-refractivity contribution in [1.82, 2.24) is 5.32 Å². The SMILES string of the molecule is CCCc1ccccc1NC(=O)NCCOCC(=O)O. The van der Waals surface area contributed by atoms with Crippen molar-refractivity contribution in [2.24, 2.45) is 0 Å².